The molecule has 3 aromatic rings. The standard InChI is InChI=1S/C29H30FIN2O3/c30-26-13-7-4-10-22(26)19-33(28(34)20-36-25-16-14-23(31)15-17-25)27(18-21-8-2-1-3-9-21)29(35)32-24-11-5-6-12-24/h1-4,7-10,13-17,24,27H,5-6,11-12,18-20H2,(H,32,35). The molecule has 1 atom stereocenters. The van der Waals surface area contributed by atoms with E-state index in [0.29, 0.717) is 17.7 Å². The minimum absolute atomic E-state index is 0.0306. The topological polar surface area (TPSA) is 58.6 Å². The lowest BCUT2D eigenvalue weighted by Crippen LogP contribution is -2.53. The SMILES string of the molecule is O=C(NC1CCCC1)C(Cc1ccccc1)N(Cc1ccccc1F)C(=O)COc1ccc(I)cc1. The summed E-state index contributed by atoms with van der Waals surface area (Å²) in [5, 5.41) is 3.15. The lowest BCUT2D eigenvalue weighted by molar-refractivity contribution is -0.143. The second-order valence-electron chi connectivity index (χ2n) is 9.05. The molecule has 5 nitrogen and oxygen atoms in total. The summed E-state index contributed by atoms with van der Waals surface area (Å²) in [5.41, 5.74) is 1.28. The van der Waals surface area contributed by atoms with Crippen LogP contribution in [0.25, 0.3) is 0 Å². The molecule has 1 saturated carbocycles. The Balaban J connectivity index is 1.61. The van der Waals surface area contributed by atoms with Crippen LogP contribution in [0.1, 0.15) is 36.8 Å². The number of halogens is 2. The highest BCUT2D eigenvalue weighted by Crippen LogP contribution is 2.21. The Hall–Kier alpha value is -2.94. The van der Waals surface area contributed by atoms with Crippen LogP contribution in [0.15, 0.2) is 78.9 Å². The summed E-state index contributed by atoms with van der Waals surface area (Å²) in [5.74, 6) is -0.447. The van der Waals surface area contributed by atoms with Crippen molar-refractivity contribution in [1.29, 1.82) is 0 Å². The first-order valence-corrected chi connectivity index (χ1v) is 13.3. The zero-order valence-corrected chi connectivity index (χ0v) is 22.2. The average Bonchev–Trinajstić information content (AvgIpc) is 3.40. The van der Waals surface area contributed by atoms with Crippen molar-refractivity contribution in [1.82, 2.24) is 10.2 Å². The number of carbonyl (C=O) groups excluding carboxylic acids is 2. The van der Waals surface area contributed by atoms with Crippen LogP contribution < -0.4 is 10.1 Å². The predicted molar refractivity (Wildman–Crippen MR) is 146 cm³/mol. The Morgan fingerprint density at radius 2 is 1.64 bits per heavy atom. The van der Waals surface area contributed by atoms with Crippen LogP contribution in [0, 0.1) is 9.39 Å². The van der Waals surface area contributed by atoms with Gasteiger partial charge in [-0.2, -0.15) is 0 Å². The molecule has 7 heteroatoms. The summed E-state index contributed by atoms with van der Waals surface area (Å²) >= 11 is 2.20. The second kappa shape index (κ2) is 12.9. The number of amides is 2. The molecular weight excluding hydrogens is 570 g/mol. The Labute approximate surface area is 225 Å². The van der Waals surface area contributed by atoms with Crippen molar-refractivity contribution in [3.8, 4) is 5.75 Å². The molecule has 0 radical (unpaired) electrons. The fourth-order valence-corrected chi connectivity index (χ4v) is 4.85. The van der Waals surface area contributed by atoms with Gasteiger partial charge in [-0.05, 0) is 71.3 Å². The highest BCUT2D eigenvalue weighted by molar-refractivity contribution is 14.1. The lowest BCUT2D eigenvalue weighted by atomic mass is 10.0. The molecule has 1 unspecified atom stereocenters. The van der Waals surface area contributed by atoms with Crippen molar-refractivity contribution in [3.63, 3.8) is 0 Å². The van der Waals surface area contributed by atoms with E-state index in [0.717, 1.165) is 34.8 Å². The lowest BCUT2D eigenvalue weighted by Gasteiger charge is -2.32. The van der Waals surface area contributed by atoms with Crippen LogP contribution in [0.3, 0.4) is 0 Å². The van der Waals surface area contributed by atoms with Gasteiger partial charge in [-0.3, -0.25) is 9.59 Å². The monoisotopic (exact) mass is 600 g/mol. The molecule has 0 saturated heterocycles. The molecule has 36 heavy (non-hydrogen) atoms. The van der Waals surface area contributed by atoms with Crippen LogP contribution in [0.5, 0.6) is 5.75 Å². The van der Waals surface area contributed by atoms with Crippen molar-refractivity contribution in [2.75, 3.05) is 6.61 Å². The number of nitrogens with zero attached hydrogens (tertiary/aromatic N) is 1. The van der Waals surface area contributed by atoms with E-state index < -0.39 is 11.9 Å². The average molecular weight is 600 g/mol. The van der Waals surface area contributed by atoms with Gasteiger partial charge in [0, 0.05) is 28.1 Å². The number of hydrogen-bond donors (Lipinski definition) is 1. The third-order valence-corrected chi connectivity index (χ3v) is 7.17. The molecule has 3 aromatic carbocycles. The van der Waals surface area contributed by atoms with E-state index in [1.807, 2.05) is 42.5 Å². The second-order valence-corrected chi connectivity index (χ2v) is 10.3. The van der Waals surface area contributed by atoms with Gasteiger partial charge in [0.1, 0.15) is 17.6 Å². The number of ether oxygens (including phenoxy) is 1. The zero-order chi connectivity index (χ0) is 25.3. The Morgan fingerprint density at radius 1 is 0.972 bits per heavy atom. The zero-order valence-electron chi connectivity index (χ0n) is 20.0. The molecule has 0 heterocycles. The van der Waals surface area contributed by atoms with Crippen molar-refractivity contribution in [2.24, 2.45) is 0 Å². The molecule has 0 aromatic heterocycles. The maximum Gasteiger partial charge on any atom is 0.261 e. The van der Waals surface area contributed by atoms with Gasteiger partial charge >= 0.3 is 0 Å². The van der Waals surface area contributed by atoms with E-state index in [4.69, 9.17) is 4.74 Å². The number of benzene rings is 3. The van der Waals surface area contributed by atoms with Crippen molar-refractivity contribution in [3.05, 3.63) is 99.4 Å². The molecule has 2 amide bonds. The summed E-state index contributed by atoms with van der Waals surface area (Å²) in [4.78, 5) is 28.6. The fourth-order valence-electron chi connectivity index (χ4n) is 4.49. The molecule has 188 valence electrons. The largest absolute Gasteiger partial charge is 0.484 e. The van der Waals surface area contributed by atoms with Gasteiger partial charge in [0.05, 0.1) is 0 Å². The summed E-state index contributed by atoms with van der Waals surface area (Å²) in [6, 6.07) is 22.6. The van der Waals surface area contributed by atoms with Crippen molar-refractivity contribution < 1.29 is 18.7 Å². The van der Waals surface area contributed by atoms with Gasteiger partial charge in [0.2, 0.25) is 5.91 Å². The van der Waals surface area contributed by atoms with Crippen molar-refractivity contribution >= 4 is 34.4 Å². The quantitative estimate of drug-likeness (QED) is 0.313. The Bertz CT molecular complexity index is 1150. The number of carbonyl (C=O) groups is 2. The summed E-state index contributed by atoms with van der Waals surface area (Å²) in [7, 11) is 0. The van der Waals surface area contributed by atoms with Gasteiger partial charge in [0.15, 0.2) is 6.61 Å². The van der Waals surface area contributed by atoms with Crippen LogP contribution >= 0.6 is 22.6 Å². The normalized spacial score (nSPS) is 14.3. The maximum atomic E-state index is 14.7. The molecular formula is C29H30FIN2O3. The first-order valence-electron chi connectivity index (χ1n) is 12.2. The van der Waals surface area contributed by atoms with Gasteiger partial charge in [-0.25, -0.2) is 4.39 Å². The van der Waals surface area contributed by atoms with E-state index in [1.165, 1.54) is 11.0 Å². The van der Waals surface area contributed by atoms with E-state index in [9.17, 15) is 14.0 Å². The van der Waals surface area contributed by atoms with E-state index in [1.54, 1.807) is 30.3 Å². The van der Waals surface area contributed by atoms with Crippen molar-refractivity contribution in [2.45, 2.75) is 50.7 Å². The molecule has 0 spiro atoms. The van der Waals surface area contributed by atoms with E-state index >= 15 is 0 Å². The summed E-state index contributed by atoms with van der Waals surface area (Å²) in [6.07, 6.45) is 4.34. The molecule has 0 aliphatic heterocycles. The summed E-state index contributed by atoms with van der Waals surface area (Å²) < 4.78 is 21.5. The van der Waals surface area contributed by atoms with Gasteiger partial charge in [-0.1, -0.05) is 61.4 Å². The van der Waals surface area contributed by atoms with Gasteiger partial charge in [-0.15, -0.1) is 0 Å². The summed E-state index contributed by atoms with van der Waals surface area (Å²) in [6.45, 7) is -0.284. The van der Waals surface area contributed by atoms with Crippen LogP contribution in [0.4, 0.5) is 4.39 Å². The predicted octanol–water partition coefficient (Wildman–Crippen LogP) is 5.51. The third-order valence-electron chi connectivity index (χ3n) is 6.45. The molecule has 1 fully saturated rings. The van der Waals surface area contributed by atoms with Gasteiger partial charge in [0.25, 0.3) is 5.91 Å². The molecule has 1 aliphatic carbocycles. The molecule has 1 aliphatic rings. The number of nitrogens with one attached hydrogen (secondary N) is 1. The van der Waals surface area contributed by atoms with E-state index in [-0.39, 0.29) is 31.0 Å². The Morgan fingerprint density at radius 3 is 2.33 bits per heavy atom. The highest BCUT2D eigenvalue weighted by atomic mass is 127. The van der Waals surface area contributed by atoms with Gasteiger partial charge < -0.3 is 15.0 Å². The Kier molecular flexibility index (Phi) is 9.33. The minimum Gasteiger partial charge on any atom is -0.484 e. The minimum atomic E-state index is -0.805. The van der Waals surface area contributed by atoms with Crippen LogP contribution in [-0.4, -0.2) is 35.4 Å². The van der Waals surface area contributed by atoms with E-state index in [2.05, 4.69) is 27.9 Å². The maximum absolute atomic E-state index is 14.7. The van der Waals surface area contributed by atoms with Crippen LogP contribution in [-0.2, 0) is 22.6 Å². The first-order chi connectivity index (χ1) is 17.5. The molecule has 0 bridgehead atoms. The number of hydrogen-bond acceptors (Lipinski definition) is 3. The highest BCUT2D eigenvalue weighted by Gasteiger charge is 2.32. The number of rotatable bonds is 10. The first kappa shape index (κ1) is 26.1. The smallest absolute Gasteiger partial charge is 0.261 e. The molecule has 4 rings (SSSR count). The third kappa shape index (κ3) is 7.29. The fraction of sp³-hybridized carbons (Fsp3) is 0.310. The van der Waals surface area contributed by atoms with Crippen LogP contribution in [0.2, 0.25) is 0 Å². The molecule has 1 N–H and O–H groups in total.